The van der Waals surface area contributed by atoms with E-state index in [1.807, 2.05) is 0 Å². The van der Waals surface area contributed by atoms with E-state index in [0.29, 0.717) is 17.8 Å². The van der Waals surface area contributed by atoms with Crippen LogP contribution in [-0.4, -0.2) is 10.7 Å². The van der Waals surface area contributed by atoms with Crippen molar-refractivity contribution in [1.82, 2.24) is 0 Å². The Labute approximate surface area is 123 Å². The number of aliphatic hydroxyl groups is 1. The molecule has 110 valence electrons. The lowest BCUT2D eigenvalue weighted by molar-refractivity contribution is -0.107. The Morgan fingerprint density at radius 1 is 1.10 bits per heavy atom. The SMILES string of the molecule is CC(C)(C)C1CCCCC1(O)C1CC1c1ccccc1. The zero-order valence-corrected chi connectivity index (χ0v) is 13.1. The highest BCUT2D eigenvalue weighted by molar-refractivity contribution is 5.28. The van der Waals surface area contributed by atoms with Gasteiger partial charge in [-0.25, -0.2) is 0 Å². The van der Waals surface area contributed by atoms with Gasteiger partial charge in [-0.1, -0.05) is 63.9 Å². The summed E-state index contributed by atoms with van der Waals surface area (Å²) in [5.41, 5.74) is 1.19. The van der Waals surface area contributed by atoms with Gasteiger partial charge in [0.2, 0.25) is 0 Å². The Bertz CT molecular complexity index is 458. The molecule has 1 aromatic carbocycles. The first-order chi connectivity index (χ1) is 9.43. The highest BCUT2D eigenvalue weighted by atomic mass is 16.3. The van der Waals surface area contributed by atoms with Gasteiger partial charge in [0.1, 0.15) is 0 Å². The van der Waals surface area contributed by atoms with Crippen LogP contribution >= 0.6 is 0 Å². The van der Waals surface area contributed by atoms with E-state index in [-0.39, 0.29) is 5.41 Å². The molecule has 0 heterocycles. The van der Waals surface area contributed by atoms with Crippen LogP contribution in [0.4, 0.5) is 0 Å². The van der Waals surface area contributed by atoms with Gasteiger partial charge in [0.25, 0.3) is 0 Å². The minimum atomic E-state index is -0.434. The summed E-state index contributed by atoms with van der Waals surface area (Å²) in [6.07, 6.45) is 5.85. The van der Waals surface area contributed by atoms with Gasteiger partial charge in [0.05, 0.1) is 5.60 Å². The van der Waals surface area contributed by atoms with Gasteiger partial charge in [0, 0.05) is 0 Å². The Morgan fingerprint density at radius 2 is 1.80 bits per heavy atom. The van der Waals surface area contributed by atoms with E-state index in [4.69, 9.17) is 0 Å². The quantitative estimate of drug-likeness (QED) is 0.823. The fourth-order valence-corrected chi connectivity index (χ4v) is 4.62. The van der Waals surface area contributed by atoms with Crippen LogP contribution in [0.25, 0.3) is 0 Å². The van der Waals surface area contributed by atoms with E-state index in [1.165, 1.54) is 31.2 Å². The average Bonchev–Trinajstić information content (AvgIpc) is 3.20. The first kappa shape index (κ1) is 14.1. The predicted octanol–water partition coefficient (Wildman–Crippen LogP) is 4.76. The van der Waals surface area contributed by atoms with Crippen molar-refractivity contribution in [2.24, 2.45) is 17.3 Å². The van der Waals surface area contributed by atoms with Crippen LogP contribution in [0.2, 0.25) is 0 Å². The normalized spacial score (nSPS) is 37.7. The molecule has 1 nitrogen and oxygen atoms in total. The van der Waals surface area contributed by atoms with Crippen LogP contribution in [0.15, 0.2) is 30.3 Å². The van der Waals surface area contributed by atoms with E-state index in [2.05, 4.69) is 51.1 Å². The third-order valence-electron chi connectivity index (χ3n) is 5.63. The van der Waals surface area contributed by atoms with Crippen LogP contribution in [0.5, 0.6) is 0 Å². The molecule has 1 N–H and O–H groups in total. The zero-order chi connectivity index (χ0) is 14.4. The van der Waals surface area contributed by atoms with Crippen molar-refractivity contribution in [3.63, 3.8) is 0 Å². The molecule has 1 heteroatoms. The lowest BCUT2D eigenvalue weighted by atomic mass is 9.61. The van der Waals surface area contributed by atoms with Crippen molar-refractivity contribution in [3.8, 4) is 0 Å². The first-order valence-corrected chi connectivity index (χ1v) is 8.20. The first-order valence-electron chi connectivity index (χ1n) is 8.20. The second-order valence-electron chi connectivity index (χ2n) is 8.01. The number of benzene rings is 1. The fraction of sp³-hybridized carbons (Fsp3) is 0.684. The van der Waals surface area contributed by atoms with Crippen molar-refractivity contribution >= 4 is 0 Å². The monoisotopic (exact) mass is 272 g/mol. The predicted molar refractivity (Wildman–Crippen MR) is 83.7 cm³/mol. The third-order valence-corrected chi connectivity index (χ3v) is 5.63. The summed E-state index contributed by atoms with van der Waals surface area (Å²) in [6, 6.07) is 10.8. The molecule has 1 aromatic rings. The largest absolute Gasteiger partial charge is 0.389 e. The Balaban J connectivity index is 1.82. The molecule has 2 aliphatic rings. The second kappa shape index (κ2) is 4.87. The molecule has 0 bridgehead atoms. The Morgan fingerprint density at radius 3 is 2.45 bits per heavy atom. The summed E-state index contributed by atoms with van der Waals surface area (Å²) in [7, 11) is 0. The molecule has 0 aliphatic heterocycles. The maximum Gasteiger partial charge on any atom is 0.0714 e. The van der Waals surface area contributed by atoms with Gasteiger partial charge in [0.15, 0.2) is 0 Å². The summed E-state index contributed by atoms with van der Waals surface area (Å²) < 4.78 is 0. The number of hydrogen-bond acceptors (Lipinski definition) is 1. The standard InChI is InChI=1S/C19H28O/c1-18(2,3)17-11-7-8-12-19(17,20)16-13-15(16)14-9-5-4-6-10-14/h4-6,9-10,15-17,20H,7-8,11-13H2,1-3H3. The van der Waals surface area contributed by atoms with E-state index < -0.39 is 5.60 Å². The van der Waals surface area contributed by atoms with Gasteiger partial charge in [-0.3, -0.25) is 0 Å². The molecule has 2 saturated carbocycles. The summed E-state index contributed by atoms with van der Waals surface area (Å²) in [5.74, 6) is 1.51. The third kappa shape index (κ3) is 2.41. The van der Waals surface area contributed by atoms with E-state index in [9.17, 15) is 5.11 Å². The second-order valence-corrected chi connectivity index (χ2v) is 8.01. The molecular weight excluding hydrogens is 244 g/mol. The van der Waals surface area contributed by atoms with Gasteiger partial charge < -0.3 is 5.11 Å². The molecule has 4 unspecified atom stereocenters. The molecule has 2 aliphatic carbocycles. The minimum absolute atomic E-state index is 0.207. The van der Waals surface area contributed by atoms with Gasteiger partial charge in [-0.15, -0.1) is 0 Å². The number of hydrogen-bond donors (Lipinski definition) is 1. The van der Waals surface area contributed by atoms with Crippen molar-refractivity contribution in [1.29, 1.82) is 0 Å². The van der Waals surface area contributed by atoms with Crippen molar-refractivity contribution in [2.75, 3.05) is 0 Å². The molecule has 3 rings (SSSR count). The smallest absolute Gasteiger partial charge is 0.0714 e. The Kier molecular flexibility index (Phi) is 3.44. The molecule has 0 aromatic heterocycles. The molecule has 4 atom stereocenters. The van der Waals surface area contributed by atoms with Gasteiger partial charge >= 0.3 is 0 Å². The topological polar surface area (TPSA) is 20.2 Å². The van der Waals surface area contributed by atoms with Crippen LogP contribution in [-0.2, 0) is 0 Å². The molecule has 20 heavy (non-hydrogen) atoms. The van der Waals surface area contributed by atoms with Gasteiger partial charge in [-0.05, 0) is 48.0 Å². The molecule has 0 spiro atoms. The highest BCUT2D eigenvalue weighted by Crippen LogP contribution is 2.61. The molecule has 0 radical (unpaired) electrons. The zero-order valence-electron chi connectivity index (χ0n) is 13.1. The average molecular weight is 272 g/mol. The maximum absolute atomic E-state index is 11.4. The maximum atomic E-state index is 11.4. The lowest BCUT2D eigenvalue weighted by Crippen LogP contribution is -2.48. The highest BCUT2D eigenvalue weighted by Gasteiger charge is 2.58. The molecular formula is C19H28O. The van der Waals surface area contributed by atoms with Crippen LogP contribution in [0, 0.1) is 17.3 Å². The Hall–Kier alpha value is -0.820. The van der Waals surface area contributed by atoms with Crippen molar-refractivity contribution in [3.05, 3.63) is 35.9 Å². The van der Waals surface area contributed by atoms with E-state index in [1.54, 1.807) is 0 Å². The summed E-state index contributed by atoms with van der Waals surface area (Å²) >= 11 is 0. The van der Waals surface area contributed by atoms with Crippen LogP contribution in [0.1, 0.15) is 64.4 Å². The van der Waals surface area contributed by atoms with Crippen molar-refractivity contribution < 1.29 is 5.11 Å². The minimum Gasteiger partial charge on any atom is -0.389 e. The van der Waals surface area contributed by atoms with E-state index in [0.717, 1.165) is 6.42 Å². The fourth-order valence-electron chi connectivity index (χ4n) is 4.62. The van der Waals surface area contributed by atoms with Crippen LogP contribution < -0.4 is 0 Å². The molecule has 0 saturated heterocycles. The van der Waals surface area contributed by atoms with Gasteiger partial charge in [-0.2, -0.15) is 0 Å². The lowest BCUT2D eigenvalue weighted by Gasteiger charge is -2.47. The number of rotatable bonds is 2. The summed E-state index contributed by atoms with van der Waals surface area (Å²) in [5, 5.41) is 11.4. The van der Waals surface area contributed by atoms with Crippen LogP contribution in [0.3, 0.4) is 0 Å². The summed E-state index contributed by atoms with van der Waals surface area (Å²) in [4.78, 5) is 0. The molecule has 0 amide bonds. The van der Waals surface area contributed by atoms with E-state index >= 15 is 0 Å². The summed E-state index contributed by atoms with van der Waals surface area (Å²) in [6.45, 7) is 6.90. The van der Waals surface area contributed by atoms with Crippen molar-refractivity contribution in [2.45, 2.75) is 64.4 Å². The molecule has 2 fully saturated rings.